The number of hydrogen-bond donors (Lipinski definition) is 5. The van der Waals surface area contributed by atoms with Crippen LogP contribution in [0.3, 0.4) is 0 Å². The second-order valence-electron chi connectivity index (χ2n) is 6.30. The molecule has 1 aromatic carbocycles. The van der Waals surface area contributed by atoms with Crippen molar-refractivity contribution >= 4 is 53.5 Å². The zero-order chi connectivity index (χ0) is 22.1. The van der Waals surface area contributed by atoms with Crippen molar-refractivity contribution in [2.45, 2.75) is 25.0 Å². The number of aliphatic carboxylic acids is 1. The minimum absolute atomic E-state index is 0.104. The summed E-state index contributed by atoms with van der Waals surface area (Å²) in [7, 11) is 0. The minimum atomic E-state index is -1.10. The number of nitrogens with zero attached hydrogens (tertiary/aromatic N) is 1. The highest BCUT2D eigenvalue weighted by Crippen LogP contribution is 2.30. The first-order chi connectivity index (χ1) is 14.4. The second kappa shape index (κ2) is 11.9. The Morgan fingerprint density at radius 1 is 1.30 bits per heavy atom. The van der Waals surface area contributed by atoms with Crippen LogP contribution >= 0.6 is 35.7 Å². The number of hydrogen-bond acceptors (Lipinski definition) is 8. The van der Waals surface area contributed by atoms with E-state index in [4.69, 9.17) is 5.73 Å². The average molecular weight is 469 g/mol. The smallest absolute Gasteiger partial charge is 0.326 e. The molecule has 0 aliphatic rings. The van der Waals surface area contributed by atoms with Crippen molar-refractivity contribution in [1.82, 2.24) is 15.6 Å². The Morgan fingerprint density at radius 2 is 2.00 bits per heavy atom. The SMILES string of the molecule is CSCC[C@H](NC(=O)c1nc(CNC(=O)[C@@H](N)CS)sc1-c1ccccc1)C(=O)O. The summed E-state index contributed by atoms with van der Waals surface area (Å²) in [5.41, 5.74) is 6.56. The highest BCUT2D eigenvalue weighted by Gasteiger charge is 2.25. The van der Waals surface area contributed by atoms with Gasteiger partial charge in [0.15, 0.2) is 0 Å². The predicted molar refractivity (Wildman–Crippen MR) is 123 cm³/mol. The molecule has 0 saturated carbocycles. The molecule has 0 saturated heterocycles. The number of aromatic nitrogens is 1. The van der Waals surface area contributed by atoms with E-state index in [1.165, 1.54) is 23.1 Å². The Morgan fingerprint density at radius 3 is 2.60 bits per heavy atom. The summed E-state index contributed by atoms with van der Waals surface area (Å²) in [6.45, 7) is 0.104. The van der Waals surface area contributed by atoms with Gasteiger partial charge in [-0.25, -0.2) is 9.78 Å². The van der Waals surface area contributed by atoms with E-state index in [0.29, 0.717) is 22.1 Å². The van der Waals surface area contributed by atoms with E-state index in [9.17, 15) is 19.5 Å². The third kappa shape index (κ3) is 6.73. The van der Waals surface area contributed by atoms with Gasteiger partial charge in [-0.05, 0) is 24.0 Å². The summed E-state index contributed by atoms with van der Waals surface area (Å²) in [6, 6.07) is 7.46. The van der Waals surface area contributed by atoms with Crippen LogP contribution in [-0.4, -0.2) is 57.7 Å². The summed E-state index contributed by atoms with van der Waals surface area (Å²) >= 11 is 6.76. The summed E-state index contributed by atoms with van der Waals surface area (Å²) in [6.07, 6.45) is 2.17. The van der Waals surface area contributed by atoms with E-state index in [1.54, 1.807) is 0 Å². The molecule has 30 heavy (non-hydrogen) atoms. The van der Waals surface area contributed by atoms with Gasteiger partial charge in [0.25, 0.3) is 5.91 Å². The lowest BCUT2D eigenvalue weighted by atomic mass is 10.1. The number of thiol groups is 1. The molecule has 0 unspecified atom stereocenters. The van der Waals surface area contributed by atoms with Crippen LogP contribution in [0.4, 0.5) is 0 Å². The largest absolute Gasteiger partial charge is 0.480 e. The van der Waals surface area contributed by atoms with E-state index in [-0.39, 0.29) is 23.9 Å². The average Bonchev–Trinajstić information content (AvgIpc) is 3.19. The topological polar surface area (TPSA) is 134 Å². The van der Waals surface area contributed by atoms with Gasteiger partial charge in [-0.2, -0.15) is 24.4 Å². The van der Waals surface area contributed by atoms with Gasteiger partial charge < -0.3 is 21.5 Å². The van der Waals surface area contributed by atoms with Gasteiger partial charge in [0, 0.05) is 5.75 Å². The molecule has 2 aromatic rings. The fourth-order valence-electron chi connectivity index (χ4n) is 2.48. The fourth-order valence-corrected chi connectivity index (χ4v) is 4.12. The van der Waals surface area contributed by atoms with Crippen molar-refractivity contribution in [2.24, 2.45) is 5.73 Å². The minimum Gasteiger partial charge on any atom is -0.480 e. The van der Waals surface area contributed by atoms with E-state index < -0.39 is 24.0 Å². The number of benzene rings is 1. The molecule has 2 rings (SSSR count). The van der Waals surface area contributed by atoms with Crippen LogP contribution in [0, 0.1) is 0 Å². The quantitative estimate of drug-likeness (QED) is 0.316. The Balaban J connectivity index is 2.27. The first-order valence-electron chi connectivity index (χ1n) is 9.09. The first-order valence-corrected chi connectivity index (χ1v) is 11.9. The van der Waals surface area contributed by atoms with Gasteiger partial charge in [-0.1, -0.05) is 30.3 Å². The fraction of sp³-hybridized carbons (Fsp3) is 0.368. The van der Waals surface area contributed by atoms with Crippen molar-refractivity contribution < 1.29 is 19.5 Å². The molecule has 1 heterocycles. The Hall–Kier alpha value is -2.08. The summed E-state index contributed by atoms with van der Waals surface area (Å²) in [5.74, 6) is -1.22. The number of carbonyl (C=O) groups is 3. The molecular formula is C19H24N4O4S3. The van der Waals surface area contributed by atoms with Gasteiger partial charge >= 0.3 is 5.97 Å². The lowest BCUT2D eigenvalue weighted by molar-refractivity contribution is -0.139. The normalized spacial score (nSPS) is 12.8. The second-order valence-corrected chi connectivity index (χ2v) is 8.74. The molecule has 0 aliphatic heterocycles. The van der Waals surface area contributed by atoms with Crippen LogP contribution in [0.2, 0.25) is 0 Å². The summed E-state index contributed by atoms with van der Waals surface area (Å²) in [5, 5.41) is 15.1. The molecule has 0 radical (unpaired) electrons. The zero-order valence-corrected chi connectivity index (χ0v) is 18.9. The predicted octanol–water partition coefficient (Wildman–Crippen LogP) is 1.62. The maximum atomic E-state index is 12.9. The maximum absolute atomic E-state index is 12.9. The van der Waals surface area contributed by atoms with Crippen molar-refractivity contribution in [2.75, 3.05) is 17.8 Å². The van der Waals surface area contributed by atoms with Crippen LogP contribution in [0.1, 0.15) is 21.9 Å². The number of nitrogens with two attached hydrogens (primary N) is 1. The van der Waals surface area contributed by atoms with Crippen molar-refractivity contribution in [3.8, 4) is 10.4 Å². The van der Waals surface area contributed by atoms with E-state index in [0.717, 1.165) is 5.56 Å². The Bertz CT molecular complexity index is 876. The number of amides is 2. The Labute approximate surface area is 188 Å². The number of carboxylic acids is 1. The molecule has 5 N–H and O–H groups in total. The lowest BCUT2D eigenvalue weighted by Crippen LogP contribution is -2.42. The molecule has 0 fully saturated rings. The van der Waals surface area contributed by atoms with E-state index >= 15 is 0 Å². The van der Waals surface area contributed by atoms with Gasteiger partial charge in [0.05, 0.1) is 17.5 Å². The molecule has 8 nitrogen and oxygen atoms in total. The standard InChI is InChI=1S/C19H24N4O4S3/c1-29-8-7-13(19(26)27)22-18(25)15-16(11-5-3-2-4-6-11)30-14(23-15)9-21-17(24)12(20)10-28/h2-6,12-13,28H,7-10,20H2,1H3,(H,21,24)(H,22,25)(H,26,27)/t12-,13-/m0/s1. The molecule has 0 aliphatic carbocycles. The van der Waals surface area contributed by atoms with Crippen molar-refractivity contribution in [3.05, 3.63) is 41.0 Å². The van der Waals surface area contributed by atoms with E-state index in [2.05, 4.69) is 28.2 Å². The highest BCUT2D eigenvalue weighted by atomic mass is 32.2. The lowest BCUT2D eigenvalue weighted by Gasteiger charge is -2.13. The molecule has 2 atom stereocenters. The van der Waals surface area contributed by atoms with Crippen LogP contribution in [0.5, 0.6) is 0 Å². The van der Waals surface area contributed by atoms with Crippen LogP contribution < -0.4 is 16.4 Å². The maximum Gasteiger partial charge on any atom is 0.326 e. The van der Waals surface area contributed by atoms with Crippen LogP contribution in [0.15, 0.2) is 30.3 Å². The molecule has 162 valence electrons. The van der Waals surface area contributed by atoms with E-state index in [1.807, 2.05) is 36.6 Å². The zero-order valence-electron chi connectivity index (χ0n) is 16.3. The number of rotatable bonds is 11. The van der Waals surface area contributed by atoms with Gasteiger partial charge in [-0.15, -0.1) is 11.3 Å². The van der Waals surface area contributed by atoms with Gasteiger partial charge in [-0.3, -0.25) is 9.59 Å². The Kier molecular flexibility index (Phi) is 9.63. The number of carboxylic acid groups (broad SMARTS) is 1. The monoisotopic (exact) mass is 468 g/mol. The van der Waals surface area contributed by atoms with Gasteiger partial charge in [0.2, 0.25) is 5.91 Å². The highest BCUT2D eigenvalue weighted by molar-refractivity contribution is 7.98. The van der Waals surface area contributed by atoms with Crippen LogP contribution in [-0.2, 0) is 16.1 Å². The molecule has 11 heteroatoms. The molecule has 2 amide bonds. The summed E-state index contributed by atoms with van der Waals surface area (Å²) in [4.78, 5) is 41.2. The molecule has 0 bridgehead atoms. The number of nitrogens with one attached hydrogen (secondary N) is 2. The van der Waals surface area contributed by atoms with Crippen LogP contribution in [0.25, 0.3) is 10.4 Å². The number of thiazole rings is 1. The van der Waals surface area contributed by atoms with Crippen molar-refractivity contribution in [3.63, 3.8) is 0 Å². The third-order valence-corrected chi connectivity index (χ3v) is 6.23. The third-order valence-electron chi connectivity index (χ3n) is 4.08. The molecule has 1 aromatic heterocycles. The number of carbonyl (C=O) groups excluding carboxylic acids is 2. The van der Waals surface area contributed by atoms with Gasteiger partial charge in [0.1, 0.15) is 16.7 Å². The number of thioether (sulfide) groups is 1. The summed E-state index contributed by atoms with van der Waals surface area (Å²) < 4.78 is 0. The first kappa shape index (κ1) is 24.2. The molecule has 0 spiro atoms. The molecular weight excluding hydrogens is 444 g/mol. The van der Waals surface area contributed by atoms with Crippen molar-refractivity contribution in [1.29, 1.82) is 0 Å².